The van der Waals surface area contributed by atoms with Crippen LogP contribution >= 0.6 is 77.0 Å². The van der Waals surface area contributed by atoms with Gasteiger partial charge in [-0.3, -0.25) is 9.59 Å². The van der Waals surface area contributed by atoms with Gasteiger partial charge >= 0.3 is 0 Å². The van der Waals surface area contributed by atoms with Crippen LogP contribution in [-0.4, -0.2) is 21.8 Å². The lowest BCUT2D eigenvalue weighted by Gasteiger charge is -2.28. The Morgan fingerprint density at radius 3 is 1.28 bits per heavy atom. The summed E-state index contributed by atoms with van der Waals surface area (Å²) in [5.41, 5.74) is 5.46. The Labute approximate surface area is 356 Å². The average Bonchev–Trinajstić information content (AvgIpc) is 3.17. The van der Waals surface area contributed by atoms with Gasteiger partial charge in [-0.15, -0.1) is 0 Å². The molecule has 0 fully saturated rings. The number of fused-ring (bicyclic) bond motifs is 2. The van der Waals surface area contributed by atoms with Gasteiger partial charge in [-0.2, -0.15) is 0 Å². The van der Waals surface area contributed by atoms with Gasteiger partial charge in [0.25, 0.3) is 0 Å². The van der Waals surface area contributed by atoms with Gasteiger partial charge in [-0.1, -0.05) is 80.4 Å². The monoisotopic (exact) mass is 1060 g/mol. The molecule has 0 bridgehead atoms. The molecule has 8 rings (SSSR count). The fraction of sp³-hybridized carbons (Fsp3) is 0.0455. The van der Waals surface area contributed by atoms with Crippen LogP contribution in [0.3, 0.4) is 0 Å². The molecule has 54 heavy (non-hydrogen) atoms. The van der Waals surface area contributed by atoms with Gasteiger partial charge in [0.1, 0.15) is 23.0 Å². The number of Topliss-reactive ketones (excluding diaryl/α,β-unsaturated/α-hetero) is 2. The molecule has 0 aromatic heterocycles. The first-order chi connectivity index (χ1) is 26.0. The van der Waals surface area contributed by atoms with Crippen LogP contribution in [0.5, 0.6) is 23.0 Å². The number of phenolic OH excluding ortho intramolecular Hbond substituents is 2. The molecule has 0 amide bonds. The summed E-state index contributed by atoms with van der Waals surface area (Å²) in [4.78, 5) is 26.4. The smallest absolute Gasteiger partial charge is 0.196 e. The van der Waals surface area contributed by atoms with E-state index in [1.165, 1.54) is 24.3 Å². The van der Waals surface area contributed by atoms with E-state index in [9.17, 15) is 19.8 Å². The highest BCUT2D eigenvalue weighted by Gasteiger charge is 2.34. The van der Waals surface area contributed by atoms with Crippen molar-refractivity contribution in [2.24, 2.45) is 0 Å². The van der Waals surface area contributed by atoms with E-state index in [-0.39, 0.29) is 23.1 Å². The van der Waals surface area contributed by atoms with Crippen molar-refractivity contribution in [1.29, 1.82) is 0 Å². The minimum atomic E-state index is -0.522. The number of ketones is 2. The predicted molar refractivity (Wildman–Crippen MR) is 234 cm³/mol. The Kier molecular flexibility index (Phi) is 11.7. The minimum absolute atomic E-state index is 0.0378. The lowest BCUT2D eigenvalue weighted by molar-refractivity contribution is 0.0954. The third-order valence-corrected chi connectivity index (χ3v) is 11.2. The Morgan fingerprint density at radius 1 is 0.500 bits per heavy atom. The average molecular weight is 1070 g/mol. The Bertz CT molecular complexity index is 2250. The number of halogens is 4. The molecule has 0 radical (unpaired) electrons. The largest absolute Gasteiger partial charge is 0.508 e. The summed E-state index contributed by atoms with van der Waals surface area (Å²) in [7, 11) is 0. The fourth-order valence-electron chi connectivity index (χ4n) is 6.06. The Hall–Kier alpha value is -4.24. The molecule has 6 aromatic carbocycles. The van der Waals surface area contributed by atoms with Crippen LogP contribution in [0.15, 0.2) is 154 Å². The standard InChI is InChI=1S/C22H14Br2O3.C22H14I2O3/c2*23-15-5-1-13(2-6-15)11-19-21(26)18-12-17(25)9-10-20(18)27-22(19)14-3-7-16(24)8-4-14/h2*1-12,22,25H. The quantitative estimate of drug-likeness (QED) is 0.135. The summed E-state index contributed by atoms with van der Waals surface area (Å²) in [5, 5.41) is 19.6. The van der Waals surface area contributed by atoms with Crippen molar-refractivity contribution in [3.63, 3.8) is 0 Å². The van der Waals surface area contributed by atoms with Gasteiger partial charge in [0, 0.05) is 27.2 Å². The zero-order valence-electron chi connectivity index (χ0n) is 28.1. The molecule has 0 saturated carbocycles. The number of hydrogen-bond donors (Lipinski definition) is 2. The SMILES string of the molecule is O=C1C(=Cc2ccc(Br)cc2)C(c2ccc(Br)cc2)Oc2ccc(O)cc21.O=C1C(=Cc2ccc(I)cc2)C(c2ccc(I)cc2)Oc2ccc(O)cc21. The summed E-state index contributed by atoms with van der Waals surface area (Å²) < 4.78 is 16.5. The van der Waals surface area contributed by atoms with Crippen molar-refractivity contribution >= 4 is 101 Å². The lowest BCUT2D eigenvalue weighted by Crippen LogP contribution is -2.23. The third-order valence-electron chi connectivity index (χ3n) is 8.72. The molecule has 10 heteroatoms. The molecule has 2 atom stereocenters. The van der Waals surface area contributed by atoms with E-state index in [0.717, 1.165) is 38.3 Å². The topological polar surface area (TPSA) is 93.1 Å². The third kappa shape index (κ3) is 8.67. The van der Waals surface area contributed by atoms with E-state index in [4.69, 9.17) is 9.47 Å². The van der Waals surface area contributed by atoms with E-state index in [0.29, 0.717) is 33.8 Å². The van der Waals surface area contributed by atoms with Gasteiger partial charge in [0.05, 0.1) is 11.1 Å². The van der Waals surface area contributed by atoms with Crippen LogP contribution in [-0.2, 0) is 0 Å². The number of hydrogen-bond acceptors (Lipinski definition) is 6. The highest BCUT2D eigenvalue weighted by molar-refractivity contribution is 14.1. The number of benzene rings is 6. The van der Waals surface area contributed by atoms with Crippen molar-refractivity contribution in [2.45, 2.75) is 12.2 Å². The predicted octanol–water partition coefficient (Wildman–Crippen LogP) is 12.3. The van der Waals surface area contributed by atoms with E-state index in [1.807, 2.05) is 109 Å². The number of carbonyl (C=O) groups excluding carboxylic acids is 2. The molecule has 2 aliphatic heterocycles. The van der Waals surface area contributed by atoms with Crippen LogP contribution in [0, 0.1) is 7.14 Å². The molecule has 0 spiro atoms. The van der Waals surface area contributed by atoms with E-state index in [1.54, 1.807) is 12.1 Å². The first-order valence-electron chi connectivity index (χ1n) is 16.6. The Morgan fingerprint density at radius 2 is 0.852 bits per heavy atom. The number of rotatable bonds is 4. The van der Waals surface area contributed by atoms with Crippen molar-refractivity contribution < 1.29 is 29.3 Å². The summed E-state index contributed by atoms with van der Waals surface area (Å²) in [6.07, 6.45) is 2.69. The summed E-state index contributed by atoms with van der Waals surface area (Å²) >= 11 is 11.4. The highest BCUT2D eigenvalue weighted by atomic mass is 127. The fourth-order valence-corrected chi connectivity index (χ4v) is 7.30. The maximum Gasteiger partial charge on any atom is 0.196 e. The van der Waals surface area contributed by atoms with Crippen LogP contribution in [0.25, 0.3) is 12.2 Å². The summed E-state index contributed by atoms with van der Waals surface area (Å²) in [6, 6.07) is 40.6. The molecule has 6 nitrogen and oxygen atoms in total. The maximum absolute atomic E-state index is 13.2. The van der Waals surface area contributed by atoms with Crippen molar-refractivity contribution in [3.8, 4) is 23.0 Å². The molecular weight excluding hydrogens is 1040 g/mol. The van der Waals surface area contributed by atoms with Crippen LogP contribution in [0.1, 0.15) is 55.2 Å². The van der Waals surface area contributed by atoms with Gasteiger partial charge in [-0.05, 0) is 165 Å². The molecule has 2 N–H and O–H groups in total. The zero-order valence-corrected chi connectivity index (χ0v) is 35.5. The van der Waals surface area contributed by atoms with E-state index >= 15 is 0 Å². The maximum atomic E-state index is 13.2. The number of phenols is 2. The van der Waals surface area contributed by atoms with Gasteiger partial charge < -0.3 is 19.7 Å². The molecular formula is C44H28Br2I2O6. The molecule has 6 aromatic rings. The zero-order chi connectivity index (χ0) is 37.9. The van der Waals surface area contributed by atoms with Gasteiger partial charge in [-0.25, -0.2) is 0 Å². The lowest BCUT2D eigenvalue weighted by atomic mass is 9.89. The van der Waals surface area contributed by atoms with Crippen molar-refractivity contribution in [1.82, 2.24) is 0 Å². The second-order valence-electron chi connectivity index (χ2n) is 12.4. The van der Waals surface area contributed by atoms with Crippen molar-refractivity contribution in [2.75, 3.05) is 0 Å². The summed E-state index contributed by atoms with van der Waals surface area (Å²) in [5.74, 6) is 0.764. The van der Waals surface area contributed by atoms with Crippen molar-refractivity contribution in [3.05, 3.63) is 194 Å². The van der Waals surface area contributed by atoms with Gasteiger partial charge in [0.2, 0.25) is 0 Å². The highest BCUT2D eigenvalue weighted by Crippen LogP contribution is 2.42. The van der Waals surface area contributed by atoms with Crippen LogP contribution in [0.4, 0.5) is 0 Å². The van der Waals surface area contributed by atoms with Gasteiger partial charge in [0.15, 0.2) is 23.8 Å². The van der Waals surface area contributed by atoms with Crippen LogP contribution in [0.2, 0.25) is 0 Å². The molecule has 0 aliphatic carbocycles. The van der Waals surface area contributed by atoms with E-state index < -0.39 is 12.2 Å². The molecule has 2 unspecified atom stereocenters. The first-order valence-corrected chi connectivity index (χ1v) is 20.3. The van der Waals surface area contributed by atoms with E-state index in [2.05, 4.69) is 77.0 Å². The minimum Gasteiger partial charge on any atom is -0.508 e. The first kappa shape index (κ1) is 38.1. The second kappa shape index (κ2) is 16.6. The molecule has 268 valence electrons. The molecule has 2 heterocycles. The molecule has 0 saturated heterocycles. The number of carbonyl (C=O) groups is 2. The summed E-state index contributed by atoms with van der Waals surface area (Å²) in [6.45, 7) is 0. The molecule has 2 aliphatic rings. The number of ether oxygens (including phenoxy) is 2. The Balaban J connectivity index is 0.000000167. The number of aromatic hydroxyl groups is 2. The normalized spacial score (nSPS) is 17.5. The second-order valence-corrected chi connectivity index (χ2v) is 16.7. The van der Waals surface area contributed by atoms with Crippen LogP contribution < -0.4 is 9.47 Å².